The minimum absolute atomic E-state index is 0.124. The van der Waals surface area contributed by atoms with E-state index in [2.05, 4.69) is 17.3 Å². The molecule has 0 bridgehead atoms. The molecule has 1 fully saturated rings. The minimum Gasteiger partial charge on any atom is -0.320 e. The van der Waals surface area contributed by atoms with Gasteiger partial charge in [-0.3, -0.25) is 4.79 Å². The predicted octanol–water partition coefficient (Wildman–Crippen LogP) is 1.92. The Kier molecular flexibility index (Phi) is 4.01. The summed E-state index contributed by atoms with van der Waals surface area (Å²) in [5.74, 6) is 1.33. The lowest BCUT2D eigenvalue weighted by Crippen LogP contribution is -2.36. The van der Waals surface area contributed by atoms with Gasteiger partial charge in [0, 0.05) is 6.07 Å². The first-order chi connectivity index (χ1) is 8.63. The number of rotatable bonds is 6. The third-order valence-corrected chi connectivity index (χ3v) is 3.55. The molecule has 1 aromatic heterocycles. The van der Waals surface area contributed by atoms with Crippen molar-refractivity contribution in [1.82, 2.24) is 9.78 Å². The molecule has 2 atom stereocenters. The molecule has 1 heterocycles. The van der Waals surface area contributed by atoms with Gasteiger partial charge >= 0.3 is 0 Å². The van der Waals surface area contributed by atoms with Crippen molar-refractivity contribution in [1.29, 1.82) is 0 Å². The molecule has 0 aromatic carbocycles. The summed E-state index contributed by atoms with van der Waals surface area (Å²) in [6, 6.07) is 1.74. The Bertz CT molecular complexity index is 411. The zero-order valence-electron chi connectivity index (χ0n) is 11.1. The van der Waals surface area contributed by atoms with Gasteiger partial charge in [-0.1, -0.05) is 13.3 Å². The zero-order chi connectivity index (χ0) is 13.1. The highest BCUT2D eigenvalue weighted by Gasteiger charge is 2.30. The number of carbonyl (C=O) groups is 1. The third kappa shape index (κ3) is 2.90. The van der Waals surface area contributed by atoms with Crippen LogP contribution in [-0.2, 0) is 4.79 Å². The van der Waals surface area contributed by atoms with Gasteiger partial charge in [0.2, 0.25) is 5.91 Å². The van der Waals surface area contributed by atoms with Gasteiger partial charge in [0.1, 0.15) is 5.82 Å². The van der Waals surface area contributed by atoms with Crippen molar-refractivity contribution in [2.45, 2.75) is 51.6 Å². The van der Waals surface area contributed by atoms with Crippen molar-refractivity contribution in [2.24, 2.45) is 11.7 Å². The molecule has 5 heteroatoms. The molecule has 1 saturated carbocycles. The maximum absolute atomic E-state index is 11.9. The van der Waals surface area contributed by atoms with Crippen LogP contribution in [0.2, 0.25) is 0 Å². The van der Waals surface area contributed by atoms with E-state index in [1.807, 2.05) is 17.7 Å². The smallest absolute Gasteiger partial charge is 0.242 e. The molecule has 5 nitrogen and oxygen atoms in total. The Hall–Kier alpha value is -1.36. The summed E-state index contributed by atoms with van der Waals surface area (Å²) >= 11 is 0. The minimum atomic E-state index is -0.436. The summed E-state index contributed by atoms with van der Waals surface area (Å²) < 4.78 is 1.90. The van der Waals surface area contributed by atoms with E-state index in [-0.39, 0.29) is 5.91 Å². The average molecular weight is 250 g/mol. The molecule has 0 aliphatic heterocycles. The topological polar surface area (TPSA) is 72.9 Å². The summed E-state index contributed by atoms with van der Waals surface area (Å²) in [7, 11) is 0. The first-order valence-electron chi connectivity index (χ1n) is 6.73. The fourth-order valence-electron chi connectivity index (χ4n) is 2.18. The van der Waals surface area contributed by atoms with Gasteiger partial charge in [-0.05, 0) is 32.1 Å². The van der Waals surface area contributed by atoms with Crippen molar-refractivity contribution in [3.8, 4) is 0 Å². The van der Waals surface area contributed by atoms with Crippen LogP contribution in [0.5, 0.6) is 0 Å². The van der Waals surface area contributed by atoms with Crippen molar-refractivity contribution in [3.63, 3.8) is 0 Å². The lowest BCUT2D eigenvalue weighted by Gasteiger charge is -2.17. The molecule has 100 valence electrons. The van der Waals surface area contributed by atoms with Crippen LogP contribution in [0, 0.1) is 5.92 Å². The molecular weight excluding hydrogens is 228 g/mol. The largest absolute Gasteiger partial charge is 0.320 e. The van der Waals surface area contributed by atoms with Gasteiger partial charge in [-0.2, -0.15) is 5.10 Å². The summed E-state index contributed by atoms with van der Waals surface area (Å²) in [6.45, 7) is 4.17. The molecular formula is C13H22N4O. The second-order valence-electron chi connectivity index (χ2n) is 5.12. The van der Waals surface area contributed by atoms with Crippen molar-refractivity contribution in [2.75, 3.05) is 5.32 Å². The molecule has 0 saturated heterocycles. The van der Waals surface area contributed by atoms with Crippen LogP contribution in [0.3, 0.4) is 0 Å². The summed E-state index contributed by atoms with van der Waals surface area (Å²) in [5, 5.41) is 7.17. The van der Waals surface area contributed by atoms with Crippen LogP contribution in [0.15, 0.2) is 12.3 Å². The third-order valence-electron chi connectivity index (χ3n) is 3.55. The number of nitrogens with zero attached hydrogens (tertiary/aromatic N) is 2. The Morgan fingerprint density at radius 3 is 3.00 bits per heavy atom. The second-order valence-corrected chi connectivity index (χ2v) is 5.12. The standard InChI is InChI=1S/C13H22N4O/c1-3-4-11(14)13(18)16-12-7-8-15-17(12)9(2)10-5-6-10/h7-11H,3-6,14H2,1-2H3,(H,16,18). The van der Waals surface area contributed by atoms with Crippen LogP contribution in [0.25, 0.3) is 0 Å². The number of hydrogen-bond acceptors (Lipinski definition) is 3. The molecule has 1 aliphatic rings. The van der Waals surface area contributed by atoms with Gasteiger partial charge in [-0.25, -0.2) is 4.68 Å². The lowest BCUT2D eigenvalue weighted by molar-refractivity contribution is -0.117. The summed E-state index contributed by atoms with van der Waals surface area (Å²) in [5.41, 5.74) is 5.80. The van der Waals surface area contributed by atoms with Crippen molar-refractivity contribution < 1.29 is 4.79 Å². The van der Waals surface area contributed by atoms with E-state index in [9.17, 15) is 4.79 Å². The van der Waals surface area contributed by atoms with E-state index >= 15 is 0 Å². The van der Waals surface area contributed by atoms with E-state index in [1.54, 1.807) is 6.20 Å². The predicted molar refractivity (Wildman–Crippen MR) is 71.2 cm³/mol. The van der Waals surface area contributed by atoms with Crippen molar-refractivity contribution >= 4 is 11.7 Å². The molecule has 0 spiro atoms. The fourth-order valence-corrected chi connectivity index (χ4v) is 2.18. The molecule has 0 radical (unpaired) electrons. The van der Waals surface area contributed by atoms with Gasteiger partial charge in [0.05, 0.1) is 18.3 Å². The van der Waals surface area contributed by atoms with Gasteiger partial charge < -0.3 is 11.1 Å². The van der Waals surface area contributed by atoms with Gasteiger partial charge in [0.15, 0.2) is 0 Å². The zero-order valence-corrected chi connectivity index (χ0v) is 11.1. The maximum atomic E-state index is 11.9. The summed E-state index contributed by atoms with van der Waals surface area (Å²) in [6.07, 6.45) is 5.85. The SMILES string of the molecule is CCCC(N)C(=O)Nc1ccnn1C(C)C1CC1. The number of nitrogens with one attached hydrogen (secondary N) is 1. The van der Waals surface area contributed by atoms with Crippen LogP contribution in [-0.4, -0.2) is 21.7 Å². The molecule has 1 aromatic rings. The summed E-state index contributed by atoms with van der Waals surface area (Å²) in [4.78, 5) is 11.9. The quantitative estimate of drug-likeness (QED) is 0.810. The van der Waals surface area contributed by atoms with E-state index in [0.29, 0.717) is 18.4 Å². The Morgan fingerprint density at radius 1 is 1.67 bits per heavy atom. The van der Waals surface area contributed by atoms with E-state index in [0.717, 1.165) is 12.2 Å². The fraction of sp³-hybridized carbons (Fsp3) is 0.692. The normalized spacial score (nSPS) is 18.4. The highest BCUT2D eigenvalue weighted by molar-refractivity contribution is 5.93. The Labute approximate surface area is 108 Å². The average Bonchev–Trinajstić information content (AvgIpc) is 3.09. The molecule has 1 aliphatic carbocycles. The first-order valence-corrected chi connectivity index (χ1v) is 6.73. The van der Waals surface area contributed by atoms with E-state index < -0.39 is 6.04 Å². The lowest BCUT2D eigenvalue weighted by atomic mass is 10.1. The van der Waals surface area contributed by atoms with Gasteiger partial charge in [-0.15, -0.1) is 0 Å². The highest BCUT2D eigenvalue weighted by Crippen LogP contribution is 2.40. The van der Waals surface area contributed by atoms with Crippen LogP contribution in [0.1, 0.15) is 45.6 Å². The van der Waals surface area contributed by atoms with E-state index in [1.165, 1.54) is 12.8 Å². The molecule has 18 heavy (non-hydrogen) atoms. The van der Waals surface area contributed by atoms with Crippen LogP contribution in [0.4, 0.5) is 5.82 Å². The number of carbonyl (C=O) groups excluding carboxylic acids is 1. The molecule has 3 N–H and O–H groups in total. The molecule has 2 unspecified atom stereocenters. The monoisotopic (exact) mass is 250 g/mol. The number of nitrogens with two attached hydrogens (primary N) is 1. The number of anilines is 1. The van der Waals surface area contributed by atoms with Crippen LogP contribution >= 0.6 is 0 Å². The van der Waals surface area contributed by atoms with E-state index in [4.69, 9.17) is 5.73 Å². The molecule has 2 rings (SSSR count). The number of aromatic nitrogens is 2. The van der Waals surface area contributed by atoms with Gasteiger partial charge in [0.25, 0.3) is 0 Å². The maximum Gasteiger partial charge on any atom is 0.242 e. The number of hydrogen-bond donors (Lipinski definition) is 2. The Morgan fingerprint density at radius 2 is 2.39 bits per heavy atom. The second kappa shape index (κ2) is 5.52. The molecule has 1 amide bonds. The van der Waals surface area contributed by atoms with Crippen LogP contribution < -0.4 is 11.1 Å². The number of amides is 1. The van der Waals surface area contributed by atoms with Crippen molar-refractivity contribution in [3.05, 3.63) is 12.3 Å². The highest BCUT2D eigenvalue weighted by atomic mass is 16.2. The Balaban J connectivity index is 2.00. The first kappa shape index (κ1) is 13.1.